The monoisotopic (exact) mass is 562 g/mol. The number of hydrogen-bond donors (Lipinski definition) is 6. The van der Waals surface area contributed by atoms with E-state index >= 15 is 0 Å². The Morgan fingerprint density at radius 1 is 1.13 bits per heavy atom. The molecule has 2 aromatic carbocycles. The molecule has 14 heteroatoms. The van der Waals surface area contributed by atoms with Crippen LogP contribution in [0, 0.1) is 5.41 Å². The molecule has 1 heterocycles. The molecule has 7 N–H and O–H groups in total. The Hall–Kier alpha value is -3.62. The second kappa shape index (κ2) is 13.3. The Morgan fingerprint density at radius 3 is 2.45 bits per heavy atom. The Kier molecular flexibility index (Phi) is 10.1. The summed E-state index contributed by atoms with van der Waals surface area (Å²) in [4.78, 5) is 37.0. The molecule has 12 nitrogen and oxygen atoms in total. The first-order chi connectivity index (χ1) is 18.1. The average Bonchev–Trinajstić information content (AvgIpc) is 3.39. The molecule has 1 fully saturated rings. The third-order valence-electron chi connectivity index (χ3n) is 5.68. The molecule has 1 saturated heterocycles. The zero-order valence-corrected chi connectivity index (χ0v) is 22.1. The lowest BCUT2D eigenvalue weighted by Gasteiger charge is -2.24. The van der Waals surface area contributed by atoms with Gasteiger partial charge in [-0.15, -0.1) is 11.8 Å². The molecule has 2 aromatic rings. The lowest BCUT2D eigenvalue weighted by molar-refractivity contribution is -0.142. The molecule has 0 unspecified atom stereocenters. The number of hydrogen-bond acceptors (Lipinski definition) is 7. The number of carbonyl (C=O) groups is 3. The van der Waals surface area contributed by atoms with E-state index in [1.165, 1.54) is 23.9 Å². The van der Waals surface area contributed by atoms with Gasteiger partial charge in [0.15, 0.2) is 5.96 Å². The minimum atomic E-state index is -3.92. The summed E-state index contributed by atoms with van der Waals surface area (Å²) < 4.78 is 27.2. The van der Waals surface area contributed by atoms with Crippen molar-refractivity contribution in [1.29, 1.82) is 5.41 Å². The van der Waals surface area contributed by atoms with E-state index in [2.05, 4.69) is 16.0 Å². The summed E-state index contributed by atoms with van der Waals surface area (Å²) in [6.45, 7) is 0.402. The number of thioether (sulfide) groups is 1. The first-order valence-corrected chi connectivity index (χ1v) is 14.3. The fourth-order valence-electron chi connectivity index (χ4n) is 3.72. The van der Waals surface area contributed by atoms with E-state index in [4.69, 9.17) is 11.1 Å². The standard InChI is InChI=1S/C24H30N6O6S2/c25-24(26)27-12-4-7-21(31)28-17-10-8-16(9-11-17)13-19(23(33)34)29-22(32)20-14-37-15-30(20)38(35,36)18-5-2-1-3-6-18/h1-3,5-6,8-11,19-20H,4,7,12-15H2,(H,28,31)(H,29,32)(H,33,34)(H4,25,26,27)/t19-,20-/m0/s1. The fraction of sp³-hybridized carbons (Fsp3) is 0.333. The fourth-order valence-corrected chi connectivity index (χ4v) is 6.89. The molecular weight excluding hydrogens is 532 g/mol. The summed E-state index contributed by atoms with van der Waals surface area (Å²) in [5.41, 5.74) is 6.32. The highest BCUT2D eigenvalue weighted by molar-refractivity contribution is 8.00. The maximum absolute atomic E-state index is 13.0. The lowest BCUT2D eigenvalue weighted by Crippen LogP contribution is -2.52. The molecule has 0 saturated carbocycles. The minimum absolute atomic E-state index is 0.0304. The largest absolute Gasteiger partial charge is 0.480 e. The summed E-state index contributed by atoms with van der Waals surface area (Å²) in [6.07, 6.45) is 0.690. The van der Waals surface area contributed by atoms with Crippen LogP contribution < -0.4 is 21.7 Å². The summed E-state index contributed by atoms with van der Waals surface area (Å²) in [5, 5.41) is 24.6. The highest BCUT2D eigenvalue weighted by atomic mass is 32.2. The van der Waals surface area contributed by atoms with E-state index in [1.807, 2.05) is 0 Å². The van der Waals surface area contributed by atoms with Gasteiger partial charge in [-0.05, 0) is 36.2 Å². The van der Waals surface area contributed by atoms with Crippen LogP contribution in [0.3, 0.4) is 0 Å². The van der Waals surface area contributed by atoms with Crippen LogP contribution in [-0.2, 0) is 30.8 Å². The predicted molar refractivity (Wildman–Crippen MR) is 144 cm³/mol. The molecule has 0 radical (unpaired) electrons. The van der Waals surface area contributed by atoms with Crippen LogP contribution in [0.1, 0.15) is 18.4 Å². The number of guanidine groups is 1. The van der Waals surface area contributed by atoms with Gasteiger partial charge in [-0.3, -0.25) is 15.0 Å². The van der Waals surface area contributed by atoms with E-state index < -0.39 is 34.0 Å². The highest BCUT2D eigenvalue weighted by Gasteiger charge is 2.41. The quantitative estimate of drug-likeness (QED) is 0.123. The zero-order chi connectivity index (χ0) is 27.7. The van der Waals surface area contributed by atoms with Crippen LogP contribution in [0.5, 0.6) is 0 Å². The van der Waals surface area contributed by atoms with Crippen LogP contribution >= 0.6 is 11.8 Å². The van der Waals surface area contributed by atoms with Crippen molar-refractivity contribution >= 4 is 51.2 Å². The lowest BCUT2D eigenvalue weighted by atomic mass is 10.0. The van der Waals surface area contributed by atoms with Gasteiger partial charge < -0.3 is 26.8 Å². The Bertz CT molecular complexity index is 1260. The average molecular weight is 563 g/mol. The second-order valence-electron chi connectivity index (χ2n) is 8.51. The number of rotatable bonds is 12. The van der Waals surface area contributed by atoms with Gasteiger partial charge in [0.2, 0.25) is 21.8 Å². The number of amides is 2. The predicted octanol–water partition coefficient (Wildman–Crippen LogP) is 0.764. The van der Waals surface area contributed by atoms with Gasteiger partial charge in [0.05, 0.1) is 10.8 Å². The second-order valence-corrected chi connectivity index (χ2v) is 11.4. The van der Waals surface area contributed by atoms with Crippen LogP contribution in [0.25, 0.3) is 0 Å². The zero-order valence-electron chi connectivity index (χ0n) is 20.4. The van der Waals surface area contributed by atoms with E-state index in [-0.39, 0.29) is 41.2 Å². The third-order valence-corrected chi connectivity index (χ3v) is 8.73. The van der Waals surface area contributed by atoms with Crippen molar-refractivity contribution in [3.05, 3.63) is 60.2 Å². The van der Waals surface area contributed by atoms with E-state index in [9.17, 15) is 27.9 Å². The highest BCUT2D eigenvalue weighted by Crippen LogP contribution is 2.28. The molecule has 0 bridgehead atoms. The Labute approximate surface area is 224 Å². The summed E-state index contributed by atoms with van der Waals surface area (Å²) in [5.74, 6) is -2.00. The molecule has 0 aromatic heterocycles. The van der Waals surface area contributed by atoms with Gasteiger partial charge in [0.1, 0.15) is 12.1 Å². The summed E-state index contributed by atoms with van der Waals surface area (Å²) in [7, 11) is -3.92. The summed E-state index contributed by atoms with van der Waals surface area (Å²) in [6, 6.07) is 12.0. The topological polar surface area (TPSA) is 195 Å². The molecule has 0 aliphatic carbocycles. The molecule has 1 aliphatic heterocycles. The minimum Gasteiger partial charge on any atom is -0.480 e. The van der Waals surface area contributed by atoms with Crippen molar-refractivity contribution in [1.82, 2.24) is 14.9 Å². The number of nitrogens with one attached hydrogen (secondary N) is 4. The van der Waals surface area contributed by atoms with E-state index in [1.54, 1.807) is 42.5 Å². The molecule has 38 heavy (non-hydrogen) atoms. The number of nitrogens with two attached hydrogens (primary N) is 1. The maximum atomic E-state index is 13.0. The number of nitrogens with zero attached hydrogens (tertiary/aromatic N) is 1. The van der Waals surface area contributed by atoms with Gasteiger partial charge in [-0.2, -0.15) is 4.31 Å². The molecule has 2 amide bonds. The Balaban J connectivity index is 1.58. The van der Waals surface area contributed by atoms with Crippen molar-refractivity contribution < 1.29 is 27.9 Å². The number of benzene rings is 2. The van der Waals surface area contributed by atoms with Gasteiger partial charge in [-0.1, -0.05) is 30.3 Å². The van der Waals surface area contributed by atoms with Crippen LogP contribution in [-0.4, -0.2) is 71.8 Å². The molecular formula is C24H30N6O6S2. The molecule has 2 atom stereocenters. The number of anilines is 1. The van der Waals surface area contributed by atoms with Gasteiger partial charge in [-0.25, -0.2) is 13.2 Å². The molecule has 0 spiro atoms. The third kappa shape index (κ3) is 7.94. The SMILES string of the molecule is N=C(N)NCCCC(=O)Nc1ccc(C[C@H](NC(=O)[C@@H]2CSCN2S(=O)(=O)c2ccccc2)C(=O)O)cc1. The van der Waals surface area contributed by atoms with Crippen LogP contribution in [0.15, 0.2) is 59.5 Å². The van der Waals surface area contributed by atoms with Gasteiger partial charge in [0, 0.05) is 30.8 Å². The number of carboxylic acid groups (broad SMARTS) is 1. The molecule has 3 rings (SSSR count). The Morgan fingerprint density at radius 2 is 1.82 bits per heavy atom. The number of sulfonamides is 1. The normalized spacial score (nSPS) is 16.4. The van der Waals surface area contributed by atoms with E-state index in [0.29, 0.717) is 24.2 Å². The van der Waals surface area contributed by atoms with Crippen molar-refractivity contribution in [3.8, 4) is 0 Å². The van der Waals surface area contributed by atoms with Gasteiger partial charge >= 0.3 is 5.97 Å². The molecule has 1 aliphatic rings. The van der Waals surface area contributed by atoms with Gasteiger partial charge in [0.25, 0.3) is 0 Å². The van der Waals surface area contributed by atoms with Crippen molar-refractivity contribution in [2.45, 2.75) is 36.2 Å². The number of carbonyl (C=O) groups excluding carboxylic acids is 2. The van der Waals surface area contributed by atoms with Crippen molar-refractivity contribution in [2.75, 3.05) is 23.5 Å². The van der Waals surface area contributed by atoms with Crippen LogP contribution in [0.4, 0.5) is 5.69 Å². The van der Waals surface area contributed by atoms with E-state index in [0.717, 1.165) is 4.31 Å². The maximum Gasteiger partial charge on any atom is 0.326 e. The van der Waals surface area contributed by atoms with Crippen molar-refractivity contribution in [2.24, 2.45) is 5.73 Å². The first-order valence-electron chi connectivity index (χ1n) is 11.7. The number of aliphatic carboxylic acids is 1. The number of carboxylic acids is 1. The first kappa shape index (κ1) is 28.9. The summed E-state index contributed by atoms with van der Waals surface area (Å²) >= 11 is 1.28. The van der Waals surface area contributed by atoms with Crippen molar-refractivity contribution in [3.63, 3.8) is 0 Å². The molecule has 204 valence electrons. The van der Waals surface area contributed by atoms with Crippen LogP contribution in [0.2, 0.25) is 0 Å². The smallest absolute Gasteiger partial charge is 0.326 e.